The lowest BCUT2D eigenvalue weighted by Gasteiger charge is -2.19. The van der Waals surface area contributed by atoms with E-state index >= 15 is 0 Å². The molecule has 108 valence electrons. The van der Waals surface area contributed by atoms with Crippen LogP contribution in [0.5, 0.6) is 0 Å². The molecule has 0 unspecified atom stereocenters. The molecular weight excluding hydrogens is 305 g/mol. The molecule has 0 aliphatic rings. The topological polar surface area (TPSA) is 50.3 Å². The Balaban J connectivity index is 2.98. The summed E-state index contributed by atoms with van der Waals surface area (Å²) in [6.07, 6.45) is -3.48. The lowest BCUT2D eigenvalue weighted by atomic mass is 10.2. The number of hydrogen-bond donors (Lipinski definition) is 0. The van der Waals surface area contributed by atoms with Gasteiger partial charge in [0.05, 0.1) is 11.3 Å². The largest absolute Gasteiger partial charge is 0.416 e. The van der Waals surface area contributed by atoms with Crippen LogP contribution >= 0.6 is 11.6 Å². The van der Waals surface area contributed by atoms with Crippen LogP contribution in [0, 0.1) is 0 Å². The minimum atomic E-state index is -4.53. The van der Waals surface area contributed by atoms with Crippen LogP contribution < -0.4 is 4.90 Å². The van der Waals surface area contributed by atoms with E-state index in [0.717, 1.165) is 18.4 Å². The van der Waals surface area contributed by atoms with E-state index < -0.39 is 21.6 Å². The van der Waals surface area contributed by atoms with Crippen molar-refractivity contribution in [2.75, 3.05) is 30.5 Å². The molecule has 19 heavy (non-hydrogen) atoms. The Hall–Kier alpha value is -1.02. The minimum absolute atomic E-state index is 0.0246. The van der Waals surface area contributed by atoms with E-state index in [2.05, 4.69) is 4.98 Å². The van der Waals surface area contributed by atoms with E-state index in [1.807, 2.05) is 0 Å². The normalized spacial score (nSPS) is 12.5. The average molecular weight is 317 g/mol. The molecule has 1 rings (SSSR count). The van der Waals surface area contributed by atoms with E-state index in [-0.39, 0.29) is 23.3 Å². The summed E-state index contributed by atoms with van der Waals surface area (Å²) in [7, 11) is -1.75. The van der Waals surface area contributed by atoms with Gasteiger partial charge in [0.25, 0.3) is 0 Å². The second kappa shape index (κ2) is 5.54. The summed E-state index contributed by atoms with van der Waals surface area (Å²) in [4.78, 5) is 5.05. The maximum Gasteiger partial charge on any atom is 0.416 e. The zero-order chi connectivity index (χ0) is 14.8. The third kappa shape index (κ3) is 5.23. The SMILES string of the molecule is CN(CCS(C)(=O)=O)c1cc(C(F)(F)F)cc(Cl)n1. The third-order valence-corrected chi connectivity index (χ3v) is 3.41. The molecule has 0 N–H and O–H groups in total. The highest BCUT2D eigenvalue weighted by atomic mass is 35.5. The summed E-state index contributed by atoms with van der Waals surface area (Å²) in [6.45, 7) is 0.0312. The molecule has 1 aromatic heterocycles. The van der Waals surface area contributed by atoms with Gasteiger partial charge in [-0.2, -0.15) is 13.2 Å². The molecule has 0 bridgehead atoms. The molecule has 0 spiro atoms. The highest BCUT2D eigenvalue weighted by Crippen LogP contribution is 2.32. The predicted molar refractivity (Wildman–Crippen MR) is 67.2 cm³/mol. The molecule has 0 atom stereocenters. The Morgan fingerprint density at radius 1 is 1.37 bits per heavy atom. The first-order valence-corrected chi connectivity index (χ1v) is 7.56. The third-order valence-electron chi connectivity index (χ3n) is 2.30. The summed E-state index contributed by atoms with van der Waals surface area (Å²) < 4.78 is 59.8. The van der Waals surface area contributed by atoms with Crippen molar-refractivity contribution in [3.63, 3.8) is 0 Å². The quantitative estimate of drug-likeness (QED) is 0.799. The molecule has 0 amide bonds. The zero-order valence-electron chi connectivity index (χ0n) is 10.2. The summed E-state index contributed by atoms with van der Waals surface area (Å²) in [6, 6.07) is 1.55. The number of alkyl halides is 3. The number of pyridine rings is 1. The van der Waals surface area contributed by atoms with Crippen molar-refractivity contribution in [2.45, 2.75) is 6.18 Å². The van der Waals surface area contributed by atoms with E-state index in [1.165, 1.54) is 11.9 Å². The maximum atomic E-state index is 12.6. The Kier molecular flexibility index (Phi) is 4.67. The van der Waals surface area contributed by atoms with E-state index in [9.17, 15) is 21.6 Å². The van der Waals surface area contributed by atoms with Gasteiger partial charge in [-0.1, -0.05) is 11.6 Å². The molecule has 1 heterocycles. The number of anilines is 1. The van der Waals surface area contributed by atoms with Crippen molar-refractivity contribution in [3.05, 3.63) is 22.8 Å². The fourth-order valence-corrected chi connectivity index (χ4v) is 2.07. The molecular formula is C10H12ClF3N2O2S. The summed E-state index contributed by atoms with van der Waals surface area (Å²) in [5.74, 6) is -0.206. The van der Waals surface area contributed by atoms with Gasteiger partial charge in [-0.05, 0) is 12.1 Å². The van der Waals surface area contributed by atoms with E-state index in [1.54, 1.807) is 0 Å². The van der Waals surface area contributed by atoms with Crippen LogP contribution in [0.15, 0.2) is 12.1 Å². The lowest BCUT2D eigenvalue weighted by Crippen LogP contribution is -2.26. The van der Waals surface area contributed by atoms with Crippen molar-refractivity contribution in [1.82, 2.24) is 4.98 Å². The average Bonchev–Trinajstić information content (AvgIpc) is 2.22. The van der Waals surface area contributed by atoms with Gasteiger partial charge < -0.3 is 4.90 Å². The first-order chi connectivity index (χ1) is 8.49. The Bertz CT molecular complexity index is 560. The van der Waals surface area contributed by atoms with Gasteiger partial charge in [-0.25, -0.2) is 13.4 Å². The molecule has 0 aromatic carbocycles. The van der Waals surface area contributed by atoms with E-state index in [0.29, 0.717) is 0 Å². The van der Waals surface area contributed by atoms with Gasteiger partial charge in [0, 0.05) is 19.8 Å². The van der Waals surface area contributed by atoms with Gasteiger partial charge in [0.15, 0.2) is 0 Å². The number of halogens is 4. The Labute approximate surface area is 114 Å². The van der Waals surface area contributed by atoms with Crippen LogP contribution in [0.25, 0.3) is 0 Å². The van der Waals surface area contributed by atoms with Gasteiger partial charge in [-0.3, -0.25) is 0 Å². The standard InChI is InChI=1S/C10H12ClF3N2O2S/c1-16(3-4-19(2,17)18)9-6-7(10(12,13)14)5-8(11)15-9/h5-6H,3-4H2,1-2H3. The zero-order valence-corrected chi connectivity index (χ0v) is 11.8. The summed E-state index contributed by atoms with van der Waals surface area (Å²) >= 11 is 5.53. The second-order valence-corrected chi connectivity index (χ2v) is 6.73. The van der Waals surface area contributed by atoms with Gasteiger partial charge in [0.2, 0.25) is 0 Å². The minimum Gasteiger partial charge on any atom is -0.359 e. The number of aromatic nitrogens is 1. The summed E-state index contributed by atoms with van der Waals surface area (Å²) in [5.41, 5.74) is -0.922. The Morgan fingerprint density at radius 3 is 2.42 bits per heavy atom. The predicted octanol–water partition coefficient (Wildman–Crippen LogP) is 2.23. The molecule has 1 aromatic rings. The molecule has 0 saturated heterocycles. The van der Waals surface area contributed by atoms with Crippen LogP contribution in [0.4, 0.5) is 19.0 Å². The molecule has 0 saturated carbocycles. The maximum absolute atomic E-state index is 12.6. The first kappa shape index (κ1) is 16.0. The lowest BCUT2D eigenvalue weighted by molar-refractivity contribution is -0.137. The summed E-state index contributed by atoms with van der Waals surface area (Å²) in [5, 5.41) is -0.295. The molecule has 4 nitrogen and oxygen atoms in total. The van der Waals surface area contributed by atoms with Crippen LogP contribution in [0.1, 0.15) is 5.56 Å². The fourth-order valence-electron chi connectivity index (χ4n) is 1.26. The van der Waals surface area contributed by atoms with Crippen LogP contribution in [-0.2, 0) is 16.0 Å². The first-order valence-electron chi connectivity index (χ1n) is 5.13. The Morgan fingerprint density at radius 2 is 1.95 bits per heavy atom. The molecule has 0 radical (unpaired) electrons. The van der Waals surface area contributed by atoms with Crippen molar-refractivity contribution < 1.29 is 21.6 Å². The fraction of sp³-hybridized carbons (Fsp3) is 0.500. The number of hydrogen-bond acceptors (Lipinski definition) is 4. The highest BCUT2D eigenvalue weighted by molar-refractivity contribution is 7.90. The highest BCUT2D eigenvalue weighted by Gasteiger charge is 2.31. The smallest absolute Gasteiger partial charge is 0.359 e. The van der Waals surface area contributed by atoms with Crippen LogP contribution in [0.3, 0.4) is 0 Å². The van der Waals surface area contributed by atoms with Crippen LogP contribution in [0.2, 0.25) is 5.15 Å². The van der Waals surface area contributed by atoms with Crippen molar-refractivity contribution in [2.24, 2.45) is 0 Å². The number of sulfone groups is 1. The number of rotatable bonds is 4. The van der Waals surface area contributed by atoms with Crippen molar-refractivity contribution >= 4 is 27.3 Å². The van der Waals surface area contributed by atoms with E-state index in [4.69, 9.17) is 11.6 Å². The molecule has 0 aliphatic heterocycles. The number of nitrogens with zero attached hydrogens (tertiary/aromatic N) is 2. The molecule has 9 heteroatoms. The second-order valence-electron chi connectivity index (χ2n) is 4.09. The molecule has 0 aliphatic carbocycles. The van der Waals surface area contributed by atoms with Crippen molar-refractivity contribution in [1.29, 1.82) is 0 Å². The van der Waals surface area contributed by atoms with Crippen molar-refractivity contribution in [3.8, 4) is 0 Å². The molecule has 0 fully saturated rings. The monoisotopic (exact) mass is 316 g/mol. The van der Waals surface area contributed by atoms with Gasteiger partial charge in [-0.15, -0.1) is 0 Å². The van der Waals surface area contributed by atoms with Gasteiger partial charge in [0.1, 0.15) is 20.8 Å². The van der Waals surface area contributed by atoms with Gasteiger partial charge >= 0.3 is 6.18 Å². The van der Waals surface area contributed by atoms with Crippen LogP contribution in [-0.4, -0.2) is 39.0 Å².